The molecule has 2 aromatic carbocycles. The highest BCUT2D eigenvalue weighted by molar-refractivity contribution is 5.98. The molecule has 0 aliphatic carbocycles. The first kappa shape index (κ1) is 20.4. The van der Waals surface area contributed by atoms with Gasteiger partial charge < -0.3 is 24.4 Å². The second kappa shape index (κ2) is 7.89. The maximum atomic E-state index is 13.6. The molecule has 3 heterocycles. The van der Waals surface area contributed by atoms with Crippen molar-refractivity contribution in [3.8, 4) is 5.75 Å². The Bertz CT molecular complexity index is 1160. The zero-order valence-corrected chi connectivity index (χ0v) is 18.5. The van der Waals surface area contributed by atoms with E-state index in [2.05, 4.69) is 4.98 Å². The number of fused-ring (bicyclic) bond motifs is 2. The maximum absolute atomic E-state index is 13.6. The van der Waals surface area contributed by atoms with E-state index in [-0.39, 0.29) is 11.9 Å². The van der Waals surface area contributed by atoms with E-state index < -0.39 is 5.60 Å². The summed E-state index contributed by atoms with van der Waals surface area (Å²) >= 11 is 0. The molecule has 3 aromatic rings. The number of rotatable bonds is 1. The van der Waals surface area contributed by atoms with Gasteiger partial charge in [0.25, 0.3) is 5.91 Å². The third-order valence-electron chi connectivity index (χ3n) is 6.55. The number of urea groups is 1. The number of aromatic nitrogens is 1. The van der Waals surface area contributed by atoms with Crippen LogP contribution in [-0.2, 0) is 6.54 Å². The summed E-state index contributed by atoms with van der Waals surface area (Å²) < 4.78 is 6.60. The van der Waals surface area contributed by atoms with Crippen LogP contribution in [0.15, 0.2) is 54.7 Å². The van der Waals surface area contributed by atoms with Gasteiger partial charge in [-0.25, -0.2) is 4.79 Å². The predicted molar refractivity (Wildman–Crippen MR) is 123 cm³/mol. The van der Waals surface area contributed by atoms with Crippen LogP contribution in [0, 0.1) is 0 Å². The van der Waals surface area contributed by atoms with Gasteiger partial charge in [-0.05, 0) is 30.3 Å². The number of likely N-dealkylation sites (tertiary alicyclic amines) is 1. The Hall–Kier alpha value is -3.48. The number of nitrogens with one attached hydrogen (secondary N) is 1. The van der Waals surface area contributed by atoms with E-state index in [1.165, 1.54) is 0 Å². The number of nitrogens with zero attached hydrogens (tertiary/aromatic N) is 3. The minimum atomic E-state index is -0.510. The van der Waals surface area contributed by atoms with Gasteiger partial charge in [0.2, 0.25) is 0 Å². The summed E-state index contributed by atoms with van der Waals surface area (Å²) in [7, 11) is 3.54. The molecular weight excluding hydrogens is 404 g/mol. The second-order valence-electron chi connectivity index (χ2n) is 9.00. The lowest BCUT2D eigenvalue weighted by atomic mass is 9.90. The Morgan fingerprint density at radius 1 is 1.03 bits per heavy atom. The number of para-hydroxylation sites is 1. The fourth-order valence-corrected chi connectivity index (χ4v) is 4.77. The number of aromatic amines is 1. The van der Waals surface area contributed by atoms with Crippen molar-refractivity contribution in [2.24, 2.45) is 0 Å². The SMILES string of the molecule is CN(C)C(=O)N1CCC2(CC1)CN(C(=O)c1ccc3[nH]ccc3c1)Cc1ccccc1O2. The highest BCUT2D eigenvalue weighted by Crippen LogP contribution is 2.36. The lowest BCUT2D eigenvalue weighted by molar-refractivity contribution is -0.00938. The molecular formula is C25H28N4O3. The monoisotopic (exact) mass is 432 g/mol. The van der Waals surface area contributed by atoms with E-state index in [4.69, 9.17) is 4.74 Å². The predicted octanol–water partition coefficient (Wildman–Crippen LogP) is 3.72. The Labute approximate surface area is 187 Å². The van der Waals surface area contributed by atoms with Crippen LogP contribution in [0.5, 0.6) is 5.75 Å². The van der Waals surface area contributed by atoms with Crippen LogP contribution in [0.3, 0.4) is 0 Å². The van der Waals surface area contributed by atoms with E-state index in [1.807, 2.05) is 64.5 Å². The Morgan fingerprint density at radius 2 is 1.81 bits per heavy atom. The molecule has 1 fully saturated rings. The van der Waals surface area contributed by atoms with Crippen molar-refractivity contribution in [3.63, 3.8) is 0 Å². The van der Waals surface area contributed by atoms with Gasteiger partial charge in [-0.1, -0.05) is 18.2 Å². The summed E-state index contributed by atoms with van der Waals surface area (Å²) in [5, 5.41) is 1.02. The van der Waals surface area contributed by atoms with Crippen molar-refractivity contribution in [2.45, 2.75) is 25.0 Å². The topological polar surface area (TPSA) is 68.9 Å². The molecule has 3 amide bonds. The lowest BCUT2D eigenvalue weighted by Gasteiger charge is -2.43. The highest BCUT2D eigenvalue weighted by Gasteiger charge is 2.43. The largest absolute Gasteiger partial charge is 0.485 e. The van der Waals surface area contributed by atoms with Gasteiger partial charge in [0.05, 0.1) is 6.54 Å². The molecule has 1 aromatic heterocycles. The van der Waals surface area contributed by atoms with Crippen molar-refractivity contribution in [3.05, 3.63) is 65.9 Å². The van der Waals surface area contributed by atoms with Crippen molar-refractivity contribution >= 4 is 22.8 Å². The van der Waals surface area contributed by atoms with Gasteiger partial charge in [0.1, 0.15) is 11.4 Å². The normalized spacial score (nSPS) is 17.6. The van der Waals surface area contributed by atoms with E-state index >= 15 is 0 Å². The lowest BCUT2D eigenvalue weighted by Crippen LogP contribution is -2.56. The number of ether oxygens (including phenoxy) is 1. The zero-order chi connectivity index (χ0) is 22.3. The molecule has 7 heteroatoms. The van der Waals surface area contributed by atoms with Crippen LogP contribution in [0.2, 0.25) is 0 Å². The van der Waals surface area contributed by atoms with Crippen LogP contribution >= 0.6 is 0 Å². The fourth-order valence-electron chi connectivity index (χ4n) is 4.77. The van der Waals surface area contributed by atoms with E-state index in [9.17, 15) is 9.59 Å². The zero-order valence-electron chi connectivity index (χ0n) is 18.5. The molecule has 5 rings (SSSR count). The molecule has 1 N–H and O–H groups in total. The highest BCUT2D eigenvalue weighted by atomic mass is 16.5. The smallest absolute Gasteiger partial charge is 0.319 e. The number of amides is 3. The number of carbonyl (C=O) groups is 2. The number of piperidine rings is 1. The van der Waals surface area contributed by atoms with Crippen molar-refractivity contribution in [2.75, 3.05) is 33.7 Å². The summed E-state index contributed by atoms with van der Waals surface area (Å²) in [6.45, 7) is 2.21. The Balaban J connectivity index is 1.44. The Kier molecular flexibility index (Phi) is 5.04. The maximum Gasteiger partial charge on any atom is 0.319 e. The molecule has 2 aliphatic heterocycles. The molecule has 0 bridgehead atoms. The fraction of sp³-hybridized carbons (Fsp3) is 0.360. The van der Waals surface area contributed by atoms with Gasteiger partial charge in [-0.15, -0.1) is 0 Å². The molecule has 7 nitrogen and oxygen atoms in total. The van der Waals surface area contributed by atoms with Gasteiger partial charge >= 0.3 is 6.03 Å². The van der Waals surface area contributed by atoms with Crippen LogP contribution in [0.1, 0.15) is 28.8 Å². The summed E-state index contributed by atoms with van der Waals surface area (Å²) in [4.78, 5) is 34.6. The summed E-state index contributed by atoms with van der Waals surface area (Å²) in [6.07, 6.45) is 3.25. The summed E-state index contributed by atoms with van der Waals surface area (Å²) in [5.74, 6) is 0.829. The average molecular weight is 433 g/mol. The van der Waals surface area contributed by atoms with Crippen LogP contribution < -0.4 is 4.74 Å². The first-order chi connectivity index (χ1) is 15.4. The third-order valence-corrected chi connectivity index (χ3v) is 6.55. The first-order valence-corrected chi connectivity index (χ1v) is 11.0. The minimum Gasteiger partial charge on any atom is -0.485 e. The van der Waals surface area contributed by atoms with Crippen molar-refractivity contribution in [1.82, 2.24) is 19.7 Å². The molecule has 2 aliphatic rings. The number of carbonyl (C=O) groups excluding carboxylic acids is 2. The Morgan fingerprint density at radius 3 is 2.59 bits per heavy atom. The van der Waals surface area contributed by atoms with Crippen LogP contribution in [-0.4, -0.2) is 71.0 Å². The van der Waals surface area contributed by atoms with Gasteiger partial charge in [-0.3, -0.25) is 4.79 Å². The van der Waals surface area contributed by atoms with E-state index in [0.717, 1.165) is 22.2 Å². The van der Waals surface area contributed by atoms with Crippen molar-refractivity contribution < 1.29 is 14.3 Å². The number of hydrogen-bond acceptors (Lipinski definition) is 3. The van der Waals surface area contributed by atoms with Gasteiger partial charge in [0, 0.05) is 74.8 Å². The quantitative estimate of drug-likeness (QED) is 0.637. The van der Waals surface area contributed by atoms with Crippen LogP contribution in [0.4, 0.5) is 4.79 Å². The summed E-state index contributed by atoms with van der Waals surface area (Å²) in [6, 6.07) is 15.7. The molecule has 0 atom stereocenters. The van der Waals surface area contributed by atoms with Gasteiger partial charge in [0.15, 0.2) is 0 Å². The third kappa shape index (κ3) is 3.68. The number of benzene rings is 2. The number of hydrogen-bond donors (Lipinski definition) is 1. The summed E-state index contributed by atoms with van der Waals surface area (Å²) in [5.41, 5.74) is 2.18. The molecule has 1 spiro atoms. The first-order valence-electron chi connectivity index (χ1n) is 11.0. The van der Waals surface area contributed by atoms with E-state index in [1.54, 1.807) is 19.0 Å². The molecule has 0 saturated carbocycles. The average Bonchev–Trinajstić information content (AvgIpc) is 3.21. The van der Waals surface area contributed by atoms with Crippen LogP contribution in [0.25, 0.3) is 10.9 Å². The number of H-pyrrole nitrogens is 1. The van der Waals surface area contributed by atoms with Crippen molar-refractivity contribution in [1.29, 1.82) is 0 Å². The molecule has 166 valence electrons. The van der Waals surface area contributed by atoms with Gasteiger partial charge in [-0.2, -0.15) is 0 Å². The standard InChI is InChI=1S/C25H28N4O3/c1-27(2)24(31)28-13-10-25(11-14-28)17-29(16-20-5-3-4-6-22(20)32-25)23(30)19-7-8-21-18(15-19)9-12-26-21/h3-9,12,15,26H,10-11,13-14,16-17H2,1-2H3. The minimum absolute atomic E-state index is 0.000393. The molecule has 32 heavy (non-hydrogen) atoms. The van der Waals surface area contributed by atoms with E-state index in [0.29, 0.717) is 44.6 Å². The molecule has 0 unspecified atom stereocenters. The molecule has 0 radical (unpaired) electrons. The molecule has 1 saturated heterocycles. The second-order valence-corrected chi connectivity index (χ2v) is 9.00.